The van der Waals surface area contributed by atoms with Crippen LogP contribution in [0.25, 0.3) is 10.9 Å². The van der Waals surface area contributed by atoms with Gasteiger partial charge in [0.05, 0.1) is 12.1 Å². The summed E-state index contributed by atoms with van der Waals surface area (Å²) in [5.41, 5.74) is 2.04. The molecule has 13 heavy (non-hydrogen) atoms. The first-order valence-electron chi connectivity index (χ1n) is 4.24. The lowest BCUT2D eigenvalue weighted by Crippen LogP contribution is -2.17. The minimum absolute atomic E-state index is 0.0174. The molecule has 1 N–H and O–H groups in total. The average molecular weight is 172 g/mol. The van der Waals surface area contributed by atoms with Crippen molar-refractivity contribution < 1.29 is 4.79 Å². The Kier molecular flexibility index (Phi) is 1.10. The third kappa shape index (κ3) is 0.758. The first-order chi connectivity index (χ1) is 6.36. The lowest BCUT2D eigenvalue weighted by molar-refractivity contribution is 0.247. The summed E-state index contributed by atoms with van der Waals surface area (Å²) >= 11 is 0. The number of carbonyl (C=O) groups is 1. The molecule has 64 valence electrons. The zero-order chi connectivity index (χ0) is 8.84. The molecular weight excluding hydrogens is 164 g/mol. The molecule has 1 aromatic carbocycles. The molecule has 2 aromatic rings. The molecule has 0 fully saturated rings. The number of fused-ring (bicyclic) bond motifs is 3. The molecule has 3 rings (SSSR count). The van der Waals surface area contributed by atoms with Crippen LogP contribution in [-0.4, -0.2) is 10.6 Å². The van der Waals surface area contributed by atoms with Crippen molar-refractivity contribution in [1.82, 2.24) is 9.88 Å². The minimum Gasteiger partial charge on any atom is -0.332 e. The number of benzene rings is 1. The van der Waals surface area contributed by atoms with Crippen LogP contribution in [0.15, 0.2) is 30.3 Å². The zero-order valence-electron chi connectivity index (χ0n) is 6.95. The predicted molar refractivity (Wildman–Crippen MR) is 49.6 cm³/mol. The molecule has 2 heterocycles. The SMILES string of the molecule is O=C1NCc2cc3ccccc3n21. The number of aromatic nitrogens is 1. The normalized spacial score (nSPS) is 14.6. The highest BCUT2D eigenvalue weighted by molar-refractivity contribution is 5.94. The van der Waals surface area contributed by atoms with E-state index in [-0.39, 0.29) is 6.03 Å². The van der Waals surface area contributed by atoms with E-state index in [0.717, 1.165) is 16.6 Å². The summed E-state index contributed by atoms with van der Waals surface area (Å²) in [5.74, 6) is 0. The molecule has 1 aliphatic heterocycles. The van der Waals surface area contributed by atoms with E-state index in [9.17, 15) is 4.79 Å². The van der Waals surface area contributed by atoms with Crippen LogP contribution in [0.4, 0.5) is 4.79 Å². The number of hydrogen-bond donors (Lipinski definition) is 1. The Labute approximate surface area is 75.0 Å². The standard InChI is InChI=1S/C10H8N2O/c13-10-11-6-8-5-7-3-1-2-4-9(7)12(8)10/h1-5H,6H2,(H,11,13). The molecule has 1 aliphatic rings. The fourth-order valence-electron chi connectivity index (χ4n) is 1.83. The predicted octanol–water partition coefficient (Wildman–Crippen LogP) is 1.71. The number of nitrogens with zero attached hydrogens (tertiary/aromatic N) is 1. The monoisotopic (exact) mass is 172 g/mol. The Hall–Kier alpha value is -1.77. The van der Waals surface area contributed by atoms with Crippen molar-refractivity contribution in [3.05, 3.63) is 36.0 Å². The van der Waals surface area contributed by atoms with Gasteiger partial charge in [0, 0.05) is 11.1 Å². The Morgan fingerprint density at radius 2 is 2.15 bits per heavy atom. The fraction of sp³-hybridized carbons (Fsp3) is 0.100. The van der Waals surface area contributed by atoms with E-state index >= 15 is 0 Å². The van der Waals surface area contributed by atoms with Gasteiger partial charge in [0.2, 0.25) is 0 Å². The van der Waals surface area contributed by atoms with Crippen LogP contribution in [0, 0.1) is 0 Å². The second-order valence-corrected chi connectivity index (χ2v) is 3.19. The van der Waals surface area contributed by atoms with Gasteiger partial charge in [-0.3, -0.25) is 4.57 Å². The van der Waals surface area contributed by atoms with E-state index < -0.39 is 0 Å². The largest absolute Gasteiger partial charge is 0.332 e. The van der Waals surface area contributed by atoms with Gasteiger partial charge in [-0.05, 0) is 12.1 Å². The molecule has 3 heteroatoms. The van der Waals surface area contributed by atoms with Gasteiger partial charge in [0.1, 0.15) is 0 Å². The summed E-state index contributed by atoms with van der Waals surface area (Å²) in [5, 5.41) is 3.91. The topological polar surface area (TPSA) is 34.0 Å². The van der Waals surface area contributed by atoms with Crippen molar-refractivity contribution in [2.24, 2.45) is 0 Å². The summed E-state index contributed by atoms with van der Waals surface area (Å²) in [6.45, 7) is 0.646. The molecular formula is C10H8N2O. The van der Waals surface area contributed by atoms with Crippen LogP contribution in [0.3, 0.4) is 0 Å². The molecule has 0 saturated heterocycles. The quantitative estimate of drug-likeness (QED) is 0.645. The zero-order valence-corrected chi connectivity index (χ0v) is 6.95. The van der Waals surface area contributed by atoms with Crippen molar-refractivity contribution in [2.45, 2.75) is 6.54 Å². The van der Waals surface area contributed by atoms with Gasteiger partial charge in [-0.1, -0.05) is 18.2 Å². The Morgan fingerprint density at radius 1 is 1.31 bits per heavy atom. The summed E-state index contributed by atoms with van der Waals surface area (Å²) in [7, 11) is 0. The van der Waals surface area contributed by atoms with Crippen molar-refractivity contribution in [2.75, 3.05) is 0 Å². The van der Waals surface area contributed by atoms with Crippen LogP contribution >= 0.6 is 0 Å². The second-order valence-electron chi connectivity index (χ2n) is 3.19. The maximum Gasteiger partial charge on any atom is 0.326 e. The molecule has 1 amide bonds. The molecule has 0 atom stereocenters. The molecule has 3 nitrogen and oxygen atoms in total. The van der Waals surface area contributed by atoms with Crippen LogP contribution in [-0.2, 0) is 6.54 Å². The number of amides is 1. The summed E-state index contributed by atoms with van der Waals surface area (Å²) in [4.78, 5) is 11.4. The van der Waals surface area contributed by atoms with Crippen molar-refractivity contribution in [3.8, 4) is 0 Å². The van der Waals surface area contributed by atoms with Crippen LogP contribution < -0.4 is 5.32 Å². The van der Waals surface area contributed by atoms with E-state index in [1.807, 2.05) is 30.3 Å². The van der Waals surface area contributed by atoms with Gasteiger partial charge in [0.25, 0.3) is 0 Å². The van der Waals surface area contributed by atoms with Gasteiger partial charge in [-0.2, -0.15) is 0 Å². The first-order valence-corrected chi connectivity index (χ1v) is 4.24. The van der Waals surface area contributed by atoms with E-state index in [2.05, 4.69) is 5.32 Å². The van der Waals surface area contributed by atoms with Crippen LogP contribution in [0.1, 0.15) is 5.69 Å². The number of rotatable bonds is 0. The van der Waals surface area contributed by atoms with Gasteiger partial charge in [-0.25, -0.2) is 4.79 Å². The Balaban J connectivity index is 2.46. The molecule has 1 aromatic heterocycles. The van der Waals surface area contributed by atoms with E-state index in [1.54, 1.807) is 4.57 Å². The Bertz CT molecular complexity index is 499. The number of hydrogen-bond acceptors (Lipinski definition) is 1. The van der Waals surface area contributed by atoms with E-state index in [1.165, 1.54) is 0 Å². The van der Waals surface area contributed by atoms with Crippen molar-refractivity contribution in [1.29, 1.82) is 0 Å². The summed E-state index contributed by atoms with van der Waals surface area (Å²) in [6.07, 6.45) is 0. The maximum absolute atomic E-state index is 11.4. The third-order valence-electron chi connectivity index (χ3n) is 2.41. The summed E-state index contributed by atoms with van der Waals surface area (Å²) in [6, 6.07) is 9.94. The van der Waals surface area contributed by atoms with Crippen LogP contribution in [0.5, 0.6) is 0 Å². The molecule has 0 spiro atoms. The fourth-order valence-corrected chi connectivity index (χ4v) is 1.83. The second kappa shape index (κ2) is 2.13. The number of carbonyl (C=O) groups excluding carboxylic acids is 1. The van der Waals surface area contributed by atoms with Crippen molar-refractivity contribution >= 4 is 16.9 Å². The molecule has 0 radical (unpaired) electrons. The van der Waals surface area contributed by atoms with Gasteiger partial charge < -0.3 is 5.32 Å². The smallest absolute Gasteiger partial charge is 0.326 e. The number of nitrogens with one attached hydrogen (secondary N) is 1. The van der Waals surface area contributed by atoms with E-state index in [4.69, 9.17) is 0 Å². The van der Waals surface area contributed by atoms with Crippen molar-refractivity contribution in [3.63, 3.8) is 0 Å². The average Bonchev–Trinajstić information content (AvgIpc) is 2.66. The first kappa shape index (κ1) is 6.71. The maximum atomic E-state index is 11.4. The lowest BCUT2D eigenvalue weighted by atomic mass is 10.2. The van der Waals surface area contributed by atoms with Gasteiger partial charge >= 0.3 is 6.03 Å². The van der Waals surface area contributed by atoms with Gasteiger partial charge in [-0.15, -0.1) is 0 Å². The molecule has 0 saturated carbocycles. The summed E-state index contributed by atoms with van der Waals surface area (Å²) < 4.78 is 1.73. The highest BCUT2D eigenvalue weighted by atomic mass is 16.2. The molecule has 0 unspecified atom stereocenters. The minimum atomic E-state index is -0.0174. The third-order valence-corrected chi connectivity index (χ3v) is 2.41. The van der Waals surface area contributed by atoms with Crippen LogP contribution in [0.2, 0.25) is 0 Å². The van der Waals surface area contributed by atoms with Gasteiger partial charge in [0.15, 0.2) is 0 Å². The molecule has 0 bridgehead atoms. The number of para-hydroxylation sites is 1. The Morgan fingerprint density at radius 3 is 3.08 bits per heavy atom. The lowest BCUT2D eigenvalue weighted by Gasteiger charge is -1.96. The molecule has 0 aliphatic carbocycles. The van der Waals surface area contributed by atoms with E-state index in [0.29, 0.717) is 6.54 Å². The highest BCUT2D eigenvalue weighted by Gasteiger charge is 2.20. The highest BCUT2D eigenvalue weighted by Crippen LogP contribution is 2.21.